The standard InChI is InChI=1S/C24H17NO4/c1-16(26)25-21(17-8-4-2-5-9-17)23(29-24(25)28)20-14-12-19(13-15-20)22(27)18-10-6-3-7-11-18/h2-15H,1H3. The summed E-state index contributed by atoms with van der Waals surface area (Å²) in [5, 5.41) is 0. The van der Waals surface area contributed by atoms with Crippen molar-refractivity contribution in [3.05, 3.63) is 107 Å². The maximum absolute atomic E-state index is 12.6. The Hall–Kier alpha value is -3.99. The molecule has 0 bridgehead atoms. The first-order valence-corrected chi connectivity index (χ1v) is 9.08. The summed E-state index contributed by atoms with van der Waals surface area (Å²) in [7, 11) is 0. The number of benzene rings is 3. The SMILES string of the molecule is CC(=O)n1c(-c2ccccc2)c(-c2ccc(C(=O)c3ccccc3)cc2)oc1=O. The smallest absolute Gasteiger partial charge is 0.407 e. The molecule has 4 rings (SSSR count). The van der Waals surface area contributed by atoms with Gasteiger partial charge in [-0.05, 0) is 0 Å². The van der Waals surface area contributed by atoms with Gasteiger partial charge in [-0.25, -0.2) is 9.36 Å². The zero-order valence-electron chi connectivity index (χ0n) is 15.7. The maximum atomic E-state index is 12.6. The second-order valence-electron chi connectivity index (χ2n) is 6.54. The minimum atomic E-state index is -0.740. The van der Waals surface area contributed by atoms with Crippen LogP contribution in [0.15, 0.2) is 94.1 Å². The third-order valence-corrected chi connectivity index (χ3v) is 4.62. The minimum Gasteiger partial charge on any atom is -0.407 e. The second kappa shape index (κ2) is 7.56. The highest BCUT2D eigenvalue weighted by atomic mass is 16.4. The first kappa shape index (κ1) is 18.4. The number of nitrogens with zero attached hydrogens (tertiary/aromatic N) is 1. The van der Waals surface area contributed by atoms with Crippen LogP contribution in [0, 0.1) is 0 Å². The Morgan fingerprint density at radius 2 is 1.28 bits per heavy atom. The topological polar surface area (TPSA) is 69.3 Å². The summed E-state index contributed by atoms with van der Waals surface area (Å²) < 4.78 is 6.46. The van der Waals surface area contributed by atoms with E-state index >= 15 is 0 Å². The van der Waals surface area contributed by atoms with E-state index in [4.69, 9.17) is 4.42 Å². The molecule has 0 atom stereocenters. The molecule has 0 aliphatic carbocycles. The highest BCUT2D eigenvalue weighted by Crippen LogP contribution is 2.32. The fraction of sp³-hybridized carbons (Fsp3) is 0.0417. The van der Waals surface area contributed by atoms with Gasteiger partial charge in [0.15, 0.2) is 11.5 Å². The first-order chi connectivity index (χ1) is 14.1. The van der Waals surface area contributed by atoms with E-state index in [1.807, 2.05) is 36.4 Å². The van der Waals surface area contributed by atoms with E-state index in [9.17, 15) is 14.4 Å². The monoisotopic (exact) mass is 383 g/mol. The average Bonchev–Trinajstić information content (AvgIpc) is 3.12. The van der Waals surface area contributed by atoms with Crippen molar-refractivity contribution in [2.75, 3.05) is 0 Å². The molecule has 0 unspecified atom stereocenters. The molecule has 142 valence electrons. The largest absolute Gasteiger partial charge is 0.426 e. The highest BCUT2D eigenvalue weighted by molar-refractivity contribution is 6.09. The molecular formula is C24H17NO4. The minimum absolute atomic E-state index is 0.0943. The van der Waals surface area contributed by atoms with Gasteiger partial charge in [-0.1, -0.05) is 84.9 Å². The molecule has 5 nitrogen and oxygen atoms in total. The molecule has 0 aliphatic rings. The molecule has 0 amide bonds. The van der Waals surface area contributed by atoms with Crippen molar-refractivity contribution in [1.82, 2.24) is 4.57 Å². The van der Waals surface area contributed by atoms with Gasteiger partial charge in [0.05, 0.1) is 0 Å². The fourth-order valence-electron chi connectivity index (χ4n) is 3.24. The van der Waals surface area contributed by atoms with Crippen LogP contribution in [-0.2, 0) is 0 Å². The van der Waals surface area contributed by atoms with Gasteiger partial charge in [-0.15, -0.1) is 0 Å². The number of carbonyl (C=O) groups is 2. The normalized spacial score (nSPS) is 10.7. The van der Waals surface area contributed by atoms with Crippen molar-refractivity contribution < 1.29 is 14.0 Å². The Labute approximate surface area is 166 Å². The maximum Gasteiger partial charge on any atom is 0.426 e. The van der Waals surface area contributed by atoms with Gasteiger partial charge in [0.1, 0.15) is 5.69 Å². The van der Waals surface area contributed by atoms with E-state index in [0.29, 0.717) is 27.9 Å². The van der Waals surface area contributed by atoms with Crippen LogP contribution in [0.4, 0.5) is 0 Å². The van der Waals surface area contributed by atoms with Crippen LogP contribution in [-0.4, -0.2) is 16.3 Å². The number of hydrogen-bond donors (Lipinski definition) is 0. The number of oxazole rings is 1. The van der Waals surface area contributed by atoms with Gasteiger partial charge >= 0.3 is 5.76 Å². The molecule has 0 spiro atoms. The third-order valence-electron chi connectivity index (χ3n) is 4.62. The van der Waals surface area contributed by atoms with Crippen LogP contribution >= 0.6 is 0 Å². The van der Waals surface area contributed by atoms with Gasteiger partial charge in [-0.2, -0.15) is 0 Å². The zero-order valence-corrected chi connectivity index (χ0v) is 15.7. The van der Waals surface area contributed by atoms with E-state index in [0.717, 1.165) is 4.57 Å². The summed E-state index contributed by atoms with van der Waals surface area (Å²) in [6.45, 7) is 1.31. The number of ketones is 1. The molecule has 1 aromatic heterocycles. The second-order valence-corrected chi connectivity index (χ2v) is 6.54. The Morgan fingerprint density at radius 1 is 0.724 bits per heavy atom. The van der Waals surface area contributed by atoms with Crippen LogP contribution in [0.1, 0.15) is 27.6 Å². The van der Waals surface area contributed by atoms with E-state index in [2.05, 4.69) is 0 Å². The zero-order chi connectivity index (χ0) is 20.4. The molecule has 0 saturated heterocycles. The Bertz CT molecular complexity index is 1230. The Morgan fingerprint density at radius 3 is 1.86 bits per heavy atom. The van der Waals surface area contributed by atoms with Crippen molar-refractivity contribution in [1.29, 1.82) is 0 Å². The van der Waals surface area contributed by atoms with Crippen molar-refractivity contribution >= 4 is 11.7 Å². The fourth-order valence-corrected chi connectivity index (χ4v) is 3.24. The molecule has 5 heteroatoms. The molecule has 1 heterocycles. The van der Waals surface area contributed by atoms with Gasteiger partial charge in [0.2, 0.25) is 5.91 Å². The summed E-state index contributed by atoms with van der Waals surface area (Å²) in [4.78, 5) is 37.0. The van der Waals surface area contributed by atoms with Crippen molar-refractivity contribution in [3.63, 3.8) is 0 Å². The van der Waals surface area contributed by atoms with E-state index in [1.54, 1.807) is 48.5 Å². The number of carbonyl (C=O) groups excluding carboxylic acids is 2. The molecule has 0 saturated carbocycles. The summed E-state index contributed by atoms with van der Waals surface area (Å²) >= 11 is 0. The van der Waals surface area contributed by atoms with Crippen LogP contribution < -0.4 is 5.76 Å². The highest BCUT2D eigenvalue weighted by Gasteiger charge is 2.22. The number of hydrogen-bond acceptors (Lipinski definition) is 4. The lowest BCUT2D eigenvalue weighted by Crippen LogP contribution is -2.20. The lowest BCUT2D eigenvalue weighted by molar-refractivity contribution is 0.0929. The summed E-state index contributed by atoms with van der Waals surface area (Å²) in [5.74, 6) is -0.978. The van der Waals surface area contributed by atoms with Crippen LogP contribution in [0.5, 0.6) is 0 Å². The van der Waals surface area contributed by atoms with Gasteiger partial charge in [-0.3, -0.25) is 9.59 Å². The van der Waals surface area contributed by atoms with Gasteiger partial charge in [0.25, 0.3) is 0 Å². The molecule has 29 heavy (non-hydrogen) atoms. The van der Waals surface area contributed by atoms with Crippen LogP contribution in [0.3, 0.4) is 0 Å². The molecule has 0 fully saturated rings. The van der Waals surface area contributed by atoms with E-state index in [-0.39, 0.29) is 11.5 Å². The average molecular weight is 383 g/mol. The number of rotatable bonds is 4. The van der Waals surface area contributed by atoms with Crippen molar-refractivity contribution in [3.8, 4) is 22.6 Å². The summed E-state index contributed by atoms with van der Waals surface area (Å²) in [6, 6.07) is 24.9. The molecule has 3 aromatic carbocycles. The van der Waals surface area contributed by atoms with E-state index in [1.165, 1.54) is 6.92 Å². The van der Waals surface area contributed by atoms with Crippen molar-refractivity contribution in [2.24, 2.45) is 0 Å². The molecule has 0 aliphatic heterocycles. The predicted molar refractivity (Wildman–Crippen MR) is 110 cm³/mol. The Balaban J connectivity index is 1.80. The lowest BCUT2D eigenvalue weighted by atomic mass is 10.00. The van der Waals surface area contributed by atoms with Gasteiger partial charge < -0.3 is 4.42 Å². The summed E-state index contributed by atoms with van der Waals surface area (Å²) in [6.07, 6.45) is 0. The van der Waals surface area contributed by atoms with E-state index < -0.39 is 11.7 Å². The van der Waals surface area contributed by atoms with Gasteiger partial charge in [0, 0.05) is 29.2 Å². The number of aromatic nitrogens is 1. The molecular weight excluding hydrogens is 366 g/mol. The molecule has 0 N–H and O–H groups in total. The summed E-state index contributed by atoms with van der Waals surface area (Å²) in [5.41, 5.74) is 2.80. The third kappa shape index (κ3) is 3.46. The molecule has 4 aromatic rings. The predicted octanol–water partition coefficient (Wildman–Crippen LogP) is 4.67. The lowest BCUT2D eigenvalue weighted by Gasteiger charge is -2.07. The molecule has 0 radical (unpaired) electrons. The van der Waals surface area contributed by atoms with Crippen LogP contribution in [0.2, 0.25) is 0 Å². The van der Waals surface area contributed by atoms with Crippen LogP contribution in [0.25, 0.3) is 22.6 Å². The van der Waals surface area contributed by atoms with Crippen molar-refractivity contribution in [2.45, 2.75) is 6.92 Å². The Kier molecular flexibility index (Phi) is 4.79. The quantitative estimate of drug-likeness (QED) is 0.480. The first-order valence-electron chi connectivity index (χ1n) is 9.08.